The van der Waals surface area contributed by atoms with E-state index in [1.165, 1.54) is 12.5 Å². The Morgan fingerprint density at radius 2 is 2.12 bits per heavy atom. The molecule has 1 aliphatic carbocycles. The van der Waals surface area contributed by atoms with E-state index < -0.39 is 0 Å². The van der Waals surface area contributed by atoms with Crippen molar-refractivity contribution in [3.05, 3.63) is 33.2 Å². The summed E-state index contributed by atoms with van der Waals surface area (Å²) in [6.07, 6.45) is 3.05. The summed E-state index contributed by atoms with van der Waals surface area (Å²) >= 11 is 0. The molecule has 0 N–H and O–H groups in total. The Morgan fingerprint density at radius 1 is 1.41 bits per heavy atom. The molecule has 2 rings (SSSR count). The van der Waals surface area contributed by atoms with Crippen molar-refractivity contribution < 1.29 is 4.79 Å². The summed E-state index contributed by atoms with van der Waals surface area (Å²) in [5.74, 6) is 0.293. The first kappa shape index (κ1) is 12.1. The fourth-order valence-electron chi connectivity index (χ4n) is 2.53. The van der Waals surface area contributed by atoms with Gasteiger partial charge in [0.05, 0.1) is 5.56 Å². The number of fused-ring (bicyclic) bond motifs is 1. The van der Waals surface area contributed by atoms with Crippen molar-refractivity contribution in [1.29, 1.82) is 0 Å². The lowest BCUT2D eigenvalue weighted by atomic mass is 10.1. The molecule has 0 unspecified atom stereocenters. The van der Waals surface area contributed by atoms with E-state index in [2.05, 4.69) is 13.8 Å². The third kappa shape index (κ3) is 2.19. The molecule has 0 aliphatic heterocycles. The van der Waals surface area contributed by atoms with E-state index in [9.17, 15) is 9.59 Å². The second-order valence-corrected chi connectivity index (χ2v) is 5.25. The molecule has 0 saturated heterocycles. The number of carbonyl (C=O) groups excluding carboxylic acids is 1. The number of aromatic nitrogens is 1. The second-order valence-electron chi connectivity index (χ2n) is 5.25. The van der Waals surface area contributed by atoms with Crippen molar-refractivity contribution in [2.75, 3.05) is 0 Å². The number of carbonyl (C=O) groups is 1. The van der Waals surface area contributed by atoms with Crippen molar-refractivity contribution in [2.45, 2.75) is 46.6 Å². The monoisotopic (exact) mass is 233 g/mol. The van der Waals surface area contributed by atoms with Crippen LogP contribution in [-0.2, 0) is 19.4 Å². The van der Waals surface area contributed by atoms with E-state index in [4.69, 9.17) is 0 Å². The lowest BCUT2D eigenvalue weighted by Crippen LogP contribution is -2.30. The van der Waals surface area contributed by atoms with Crippen LogP contribution in [-0.4, -0.2) is 10.4 Å². The van der Waals surface area contributed by atoms with Gasteiger partial charge < -0.3 is 4.57 Å². The van der Waals surface area contributed by atoms with E-state index in [0.29, 0.717) is 18.0 Å². The highest BCUT2D eigenvalue weighted by atomic mass is 16.1. The van der Waals surface area contributed by atoms with E-state index in [0.717, 1.165) is 25.0 Å². The maximum atomic E-state index is 12.2. The number of hydrogen-bond donors (Lipinski definition) is 0. The van der Waals surface area contributed by atoms with Gasteiger partial charge in [-0.3, -0.25) is 9.59 Å². The SMILES string of the molecule is CC(=O)c1cc2c(n(CC(C)C)c1=O)CCC2. The Hall–Kier alpha value is -1.38. The van der Waals surface area contributed by atoms with Crippen molar-refractivity contribution in [3.8, 4) is 0 Å². The number of ketones is 1. The molecule has 1 aromatic rings. The lowest BCUT2D eigenvalue weighted by Gasteiger charge is -2.15. The van der Waals surface area contributed by atoms with Crippen LogP contribution in [0.3, 0.4) is 0 Å². The summed E-state index contributed by atoms with van der Waals surface area (Å²) in [4.78, 5) is 23.7. The zero-order chi connectivity index (χ0) is 12.6. The maximum absolute atomic E-state index is 12.2. The topological polar surface area (TPSA) is 39.1 Å². The van der Waals surface area contributed by atoms with Gasteiger partial charge in [0, 0.05) is 12.2 Å². The summed E-state index contributed by atoms with van der Waals surface area (Å²) in [5.41, 5.74) is 2.59. The molecule has 0 atom stereocenters. The van der Waals surface area contributed by atoms with Gasteiger partial charge in [-0.15, -0.1) is 0 Å². The van der Waals surface area contributed by atoms with Crippen molar-refractivity contribution >= 4 is 5.78 Å². The standard InChI is InChI=1S/C14H19NO2/c1-9(2)8-15-13-6-4-5-11(13)7-12(10(3)16)14(15)17/h7,9H,4-6,8H2,1-3H3. The fraction of sp³-hybridized carbons (Fsp3) is 0.571. The van der Waals surface area contributed by atoms with Crippen molar-refractivity contribution in [2.24, 2.45) is 5.92 Å². The predicted octanol–water partition coefficient (Wildman–Crippen LogP) is 2.20. The Morgan fingerprint density at radius 3 is 2.71 bits per heavy atom. The minimum atomic E-state index is -0.123. The normalized spacial score (nSPS) is 14.1. The first-order valence-electron chi connectivity index (χ1n) is 6.27. The van der Waals surface area contributed by atoms with Gasteiger partial charge in [0.1, 0.15) is 0 Å². The summed E-state index contributed by atoms with van der Waals surface area (Å²) < 4.78 is 1.82. The van der Waals surface area contributed by atoms with Gasteiger partial charge in [0.15, 0.2) is 5.78 Å². The van der Waals surface area contributed by atoms with Gasteiger partial charge in [-0.1, -0.05) is 13.8 Å². The highest BCUT2D eigenvalue weighted by Gasteiger charge is 2.20. The van der Waals surface area contributed by atoms with E-state index >= 15 is 0 Å². The summed E-state index contributed by atoms with van der Waals surface area (Å²) in [5, 5.41) is 0. The molecule has 17 heavy (non-hydrogen) atoms. The van der Waals surface area contributed by atoms with Crippen molar-refractivity contribution in [1.82, 2.24) is 4.57 Å². The van der Waals surface area contributed by atoms with Crippen LogP contribution >= 0.6 is 0 Å². The molecule has 3 nitrogen and oxygen atoms in total. The third-order valence-corrected chi connectivity index (χ3v) is 3.28. The van der Waals surface area contributed by atoms with Gasteiger partial charge in [-0.25, -0.2) is 0 Å². The average molecular weight is 233 g/mol. The van der Waals surface area contributed by atoms with Gasteiger partial charge in [0.2, 0.25) is 0 Å². The third-order valence-electron chi connectivity index (χ3n) is 3.28. The molecular weight excluding hydrogens is 214 g/mol. The molecule has 0 bridgehead atoms. The molecule has 1 aliphatic rings. The van der Waals surface area contributed by atoms with E-state index in [1.807, 2.05) is 10.6 Å². The average Bonchev–Trinajstić information content (AvgIpc) is 2.68. The molecular formula is C14H19NO2. The molecule has 0 amide bonds. The zero-order valence-electron chi connectivity index (χ0n) is 10.7. The number of hydrogen-bond acceptors (Lipinski definition) is 2. The largest absolute Gasteiger partial charge is 0.312 e. The van der Waals surface area contributed by atoms with Crippen molar-refractivity contribution in [3.63, 3.8) is 0 Å². The van der Waals surface area contributed by atoms with Gasteiger partial charge in [-0.2, -0.15) is 0 Å². The Labute approximate surface area is 101 Å². The summed E-state index contributed by atoms with van der Waals surface area (Å²) in [6.45, 7) is 6.36. The number of rotatable bonds is 3. The molecule has 0 aromatic carbocycles. The molecule has 0 spiro atoms. The van der Waals surface area contributed by atoms with Crippen LogP contribution in [0.2, 0.25) is 0 Å². The van der Waals surface area contributed by atoms with E-state index in [1.54, 1.807) is 0 Å². The van der Waals surface area contributed by atoms with Gasteiger partial charge in [0.25, 0.3) is 5.56 Å². The number of Topliss-reactive ketones (excluding diaryl/α,β-unsaturated/α-hetero) is 1. The Balaban J connectivity index is 2.62. The first-order valence-corrected chi connectivity index (χ1v) is 6.27. The summed E-state index contributed by atoms with van der Waals surface area (Å²) in [6, 6.07) is 1.81. The smallest absolute Gasteiger partial charge is 0.261 e. The van der Waals surface area contributed by atoms with Crippen LogP contribution in [0.1, 0.15) is 48.8 Å². The molecule has 92 valence electrons. The van der Waals surface area contributed by atoms with Crippen LogP contribution in [0, 0.1) is 5.92 Å². The highest BCUT2D eigenvalue weighted by molar-refractivity contribution is 5.93. The molecule has 1 aromatic heterocycles. The van der Waals surface area contributed by atoms with Crippen LogP contribution < -0.4 is 5.56 Å². The van der Waals surface area contributed by atoms with Gasteiger partial charge >= 0.3 is 0 Å². The van der Waals surface area contributed by atoms with Gasteiger partial charge in [-0.05, 0) is 43.7 Å². The number of aryl methyl sites for hydroxylation is 1. The minimum Gasteiger partial charge on any atom is -0.312 e. The molecule has 0 radical (unpaired) electrons. The Bertz CT molecular complexity index is 512. The zero-order valence-corrected chi connectivity index (χ0v) is 10.7. The fourth-order valence-corrected chi connectivity index (χ4v) is 2.53. The molecule has 0 fully saturated rings. The predicted molar refractivity (Wildman–Crippen MR) is 67.6 cm³/mol. The molecule has 3 heteroatoms. The molecule has 0 saturated carbocycles. The lowest BCUT2D eigenvalue weighted by molar-refractivity contribution is 0.101. The van der Waals surface area contributed by atoms with Crippen LogP contribution in [0.4, 0.5) is 0 Å². The minimum absolute atomic E-state index is 0.105. The van der Waals surface area contributed by atoms with E-state index in [-0.39, 0.29) is 11.3 Å². The van der Waals surface area contributed by atoms with Crippen LogP contribution in [0.15, 0.2) is 10.9 Å². The van der Waals surface area contributed by atoms with Crippen LogP contribution in [0.5, 0.6) is 0 Å². The second kappa shape index (κ2) is 4.47. The first-order chi connectivity index (χ1) is 8.00. The number of nitrogens with zero attached hydrogens (tertiary/aromatic N) is 1. The number of pyridine rings is 1. The maximum Gasteiger partial charge on any atom is 0.261 e. The molecule has 1 heterocycles. The Kier molecular flexibility index (Phi) is 3.18. The quantitative estimate of drug-likeness (QED) is 0.751. The highest BCUT2D eigenvalue weighted by Crippen LogP contribution is 2.22. The van der Waals surface area contributed by atoms with Crippen LogP contribution in [0.25, 0.3) is 0 Å². The summed E-state index contributed by atoms with van der Waals surface area (Å²) in [7, 11) is 0.